The normalized spacial score (nSPS) is 9.43. The number of rotatable bonds is 0. The van der Waals surface area contributed by atoms with Crippen molar-refractivity contribution in [3.05, 3.63) is 17.6 Å². The van der Waals surface area contributed by atoms with Crippen LogP contribution in [0.3, 0.4) is 0 Å². The van der Waals surface area contributed by atoms with E-state index in [1.54, 1.807) is 6.26 Å². The molecule has 0 aliphatic carbocycles. The molecule has 0 bridgehead atoms. The minimum Gasteiger partial charge on any atom is -0.421 e. The van der Waals surface area contributed by atoms with Crippen molar-refractivity contribution in [2.75, 3.05) is 0 Å². The van der Waals surface area contributed by atoms with E-state index >= 15 is 0 Å². The van der Waals surface area contributed by atoms with Gasteiger partial charge in [-0.25, -0.2) is 0 Å². The molecular weight excluding hydrogens is 120 g/mol. The predicted molar refractivity (Wildman–Crippen MR) is 20.3 cm³/mol. The highest BCUT2D eigenvalue weighted by molar-refractivity contribution is 6.27. The van der Waals surface area contributed by atoms with Gasteiger partial charge in [-0.05, 0) is 11.6 Å². The summed E-state index contributed by atoms with van der Waals surface area (Å²) in [5.41, 5.74) is 0. The first-order valence-electron chi connectivity index (χ1n) is 1.48. The van der Waals surface area contributed by atoms with E-state index in [4.69, 9.17) is 11.6 Å². The zero-order valence-corrected chi connectivity index (χ0v) is 3.87. The molecule has 1 radical (unpaired) electrons. The average molecular weight is 120 g/mol. The van der Waals surface area contributed by atoms with Crippen molar-refractivity contribution in [2.45, 2.75) is 0 Å². The van der Waals surface area contributed by atoms with Crippen molar-refractivity contribution in [1.29, 1.82) is 0 Å². The monoisotopic (exact) mass is 120 g/mol. The molecular formula is C3ClFNO. The van der Waals surface area contributed by atoms with E-state index in [9.17, 15) is 4.39 Å². The molecule has 0 unspecified atom stereocenters. The van der Waals surface area contributed by atoms with Gasteiger partial charge in [-0.15, -0.1) is 0 Å². The minimum absolute atomic E-state index is 0.225. The van der Waals surface area contributed by atoms with E-state index in [1.807, 2.05) is 0 Å². The highest BCUT2D eigenvalue weighted by Crippen LogP contribution is 2.03. The van der Waals surface area contributed by atoms with E-state index in [2.05, 4.69) is 9.40 Å². The molecule has 0 N–H and O–H groups in total. The van der Waals surface area contributed by atoms with E-state index in [-0.39, 0.29) is 5.35 Å². The van der Waals surface area contributed by atoms with Crippen molar-refractivity contribution in [3.8, 4) is 0 Å². The van der Waals surface area contributed by atoms with Crippen LogP contribution in [0.15, 0.2) is 4.42 Å². The molecule has 1 aromatic heterocycles. The summed E-state index contributed by atoms with van der Waals surface area (Å²) in [6.07, 6.45) is 1.78. The lowest BCUT2D eigenvalue weighted by Crippen LogP contribution is -1.64. The summed E-state index contributed by atoms with van der Waals surface area (Å²) in [4.78, 5) is 2.99. The smallest absolute Gasteiger partial charge is 0.295 e. The molecule has 0 atom stereocenters. The fourth-order valence-corrected chi connectivity index (χ4v) is 0.320. The second-order valence-corrected chi connectivity index (χ2v) is 1.18. The number of oxazole rings is 1. The number of hydrogen-bond acceptors (Lipinski definition) is 2. The van der Waals surface area contributed by atoms with Gasteiger partial charge in [0.1, 0.15) is 0 Å². The SMILES string of the molecule is Fc1[c]oc(Cl)n1. The molecule has 4 heteroatoms. The molecule has 1 rings (SSSR count). The summed E-state index contributed by atoms with van der Waals surface area (Å²) in [6.45, 7) is 0. The molecule has 0 saturated carbocycles. The molecule has 0 aliphatic rings. The zero-order chi connectivity index (χ0) is 5.28. The first-order valence-corrected chi connectivity index (χ1v) is 1.86. The molecule has 1 heterocycles. The molecule has 2 nitrogen and oxygen atoms in total. The number of nitrogens with zero attached hydrogens (tertiary/aromatic N) is 1. The van der Waals surface area contributed by atoms with E-state index in [1.165, 1.54) is 0 Å². The van der Waals surface area contributed by atoms with Crippen LogP contribution in [0.2, 0.25) is 5.35 Å². The Labute approximate surface area is 43.9 Å². The third-order valence-electron chi connectivity index (χ3n) is 0.406. The molecule has 0 fully saturated rings. The van der Waals surface area contributed by atoms with Gasteiger partial charge in [0.15, 0.2) is 0 Å². The zero-order valence-electron chi connectivity index (χ0n) is 3.11. The van der Waals surface area contributed by atoms with Crippen LogP contribution in [0.1, 0.15) is 0 Å². The number of halogens is 2. The molecule has 7 heavy (non-hydrogen) atoms. The van der Waals surface area contributed by atoms with E-state index < -0.39 is 5.95 Å². The standard InChI is InChI=1S/C3ClFNO/c4-3-6-2(5)1-7-3. The van der Waals surface area contributed by atoms with Crippen LogP contribution >= 0.6 is 11.6 Å². The molecule has 0 saturated heterocycles. The van der Waals surface area contributed by atoms with Gasteiger partial charge >= 0.3 is 0 Å². The molecule has 1 aromatic rings. The van der Waals surface area contributed by atoms with Crippen LogP contribution in [0, 0.1) is 12.2 Å². The quantitative estimate of drug-likeness (QED) is 0.515. The summed E-state index contributed by atoms with van der Waals surface area (Å²) < 4.78 is 15.7. The van der Waals surface area contributed by atoms with Crippen LogP contribution in [-0.4, -0.2) is 4.98 Å². The van der Waals surface area contributed by atoms with Gasteiger partial charge in [0.2, 0.25) is 6.26 Å². The Morgan fingerprint density at radius 2 is 2.57 bits per heavy atom. The van der Waals surface area contributed by atoms with Gasteiger partial charge < -0.3 is 4.42 Å². The summed E-state index contributed by atoms with van der Waals surface area (Å²) in [5.74, 6) is -0.815. The van der Waals surface area contributed by atoms with E-state index in [0.29, 0.717) is 0 Å². The summed E-state index contributed by atoms with van der Waals surface area (Å²) >= 11 is 5.01. The molecule has 0 aromatic carbocycles. The predicted octanol–water partition coefficient (Wildman–Crippen LogP) is 1.27. The fraction of sp³-hybridized carbons (Fsp3) is 0. The Morgan fingerprint density at radius 3 is 2.71 bits per heavy atom. The fourth-order valence-electron chi connectivity index (χ4n) is 0.207. The molecule has 37 valence electrons. The first kappa shape index (κ1) is 4.59. The Balaban J connectivity index is 3.04. The van der Waals surface area contributed by atoms with Crippen molar-refractivity contribution < 1.29 is 8.81 Å². The van der Waals surface area contributed by atoms with Gasteiger partial charge in [-0.3, -0.25) is 0 Å². The summed E-state index contributed by atoms with van der Waals surface area (Å²) in [7, 11) is 0. The third kappa shape index (κ3) is 0.899. The third-order valence-corrected chi connectivity index (χ3v) is 0.567. The van der Waals surface area contributed by atoms with Crippen LogP contribution in [-0.2, 0) is 0 Å². The minimum atomic E-state index is -0.815. The van der Waals surface area contributed by atoms with Crippen molar-refractivity contribution in [3.63, 3.8) is 0 Å². The maximum atomic E-state index is 11.6. The first-order chi connectivity index (χ1) is 3.29. The molecule has 0 spiro atoms. The van der Waals surface area contributed by atoms with Crippen LogP contribution in [0.25, 0.3) is 0 Å². The van der Waals surface area contributed by atoms with Crippen molar-refractivity contribution >= 4 is 11.6 Å². The second kappa shape index (κ2) is 1.50. The summed E-state index contributed by atoms with van der Waals surface area (Å²) in [6, 6.07) is 0. The van der Waals surface area contributed by atoms with Gasteiger partial charge in [0, 0.05) is 0 Å². The van der Waals surface area contributed by atoms with Gasteiger partial charge in [0.25, 0.3) is 11.3 Å². The largest absolute Gasteiger partial charge is 0.421 e. The van der Waals surface area contributed by atoms with Crippen LogP contribution < -0.4 is 0 Å². The Morgan fingerprint density at radius 1 is 1.86 bits per heavy atom. The lowest BCUT2D eigenvalue weighted by atomic mass is 10.9. The highest BCUT2D eigenvalue weighted by Gasteiger charge is 1.96. The average Bonchev–Trinajstić information content (AvgIpc) is 1.87. The van der Waals surface area contributed by atoms with Gasteiger partial charge in [0.05, 0.1) is 0 Å². The van der Waals surface area contributed by atoms with E-state index in [0.717, 1.165) is 0 Å². The number of aromatic nitrogens is 1. The van der Waals surface area contributed by atoms with Gasteiger partial charge in [-0.1, -0.05) is 0 Å². The number of hydrogen-bond donors (Lipinski definition) is 0. The van der Waals surface area contributed by atoms with Gasteiger partial charge in [-0.2, -0.15) is 9.37 Å². The maximum absolute atomic E-state index is 11.6. The Hall–Kier alpha value is -0.570. The lowest BCUT2D eigenvalue weighted by molar-refractivity contribution is 0.523. The maximum Gasteiger partial charge on any atom is 0.295 e. The molecule has 0 amide bonds. The Kier molecular flexibility index (Phi) is 0.982. The topological polar surface area (TPSA) is 26.0 Å². The lowest BCUT2D eigenvalue weighted by Gasteiger charge is -1.63. The second-order valence-electron chi connectivity index (χ2n) is 0.860. The van der Waals surface area contributed by atoms with Crippen molar-refractivity contribution in [2.24, 2.45) is 0 Å². The molecule has 0 aliphatic heterocycles. The Bertz CT molecular complexity index is 147. The van der Waals surface area contributed by atoms with Crippen molar-refractivity contribution in [1.82, 2.24) is 4.98 Å². The van der Waals surface area contributed by atoms with Crippen LogP contribution in [0.4, 0.5) is 4.39 Å². The highest BCUT2D eigenvalue weighted by atomic mass is 35.5. The van der Waals surface area contributed by atoms with Crippen LogP contribution in [0.5, 0.6) is 0 Å². The summed E-state index contributed by atoms with van der Waals surface area (Å²) in [5, 5.41) is -0.225.